The monoisotopic (exact) mass is 363 g/mol. The predicted octanol–water partition coefficient (Wildman–Crippen LogP) is 1.87. The zero-order valence-electron chi connectivity index (χ0n) is 12.5. The highest BCUT2D eigenvalue weighted by Crippen LogP contribution is 2.22. The Morgan fingerprint density at radius 3 is 2.58 bits per heavy atom. The van der Waals surface area contributed by atoms with E-state index >= 15 is 0 Å². The van der Waals surface area contributed by atoms with E-state index in [1.54, 1.807) is 0 Å². The molecule has 0 spiro atoms. The van der Waals surface area contributed by atoms with Gasteiger partial charge in [0.25, 0.3) is 5.91 Å². The van der Waals surface area contributed by atoms with Gasteiger partial charge in [-0.1, -0.05) is 0 Å². The topological polar surface area (TPSA) is 71.6 Å². The average Bonchev–Trinajstić information content (AvgIpc) is 3.03. The van der Waals surface area contributed by atoms with Gasteiger partial charge >= 0.3 is 6.36 Å². The lowest BCUT2D eigenvalue weighted by Crippen LogP contribution is -2.48. The number of hydrazine groups is 1. The summed E-state index contributed by atoms with van der Waals surface area (Å²) in [4.78, 5) is 11.9. The normalized spacial score (nSPS) is 17.2. The van der Waals surface area contributed by atoms with E-state index in [0.29, 0.717) is 6.54 Å². The highest BCUT2D eigenvalue weighted by atomic mass is 32.1. The molecule has 6 nitrogen and oxygen atoms in total. The van der Waals surface area contributed by atoms with Crippen LogP contribution in [0.4, 0.5) is 13.2 Å². The summed E-state index contributed by atoms with van der Waals surface area (Å²) < 4.78 is 45.3. The van der Waals surface area contributed by atoms with Crippen LogP contribution in [-0.2, 0) is 4.74 Å². The quantitative estimate of drug-likeness (QED) is 0.560. The number of carbonyl (C=O) groups is 1. The van der Waals surface area contributed by atoms with Crippen LogP contribution in [0.5, 0.6) is 5.75 Å². The number of ether oxygens (including phenoxy) is 2. The van der Waals surface area contributed by atoms with Crippen molar-refractivity contribution in [3.63, 3.8) is 0 Å². The standard InChI is InChI=1S/C14H16F3N3O3S/c15-14(16,17)23-10-5-3-9(4-6-10)12(21)19-20-13(24)18-8-11-2-1-7-22-11/h3-6,11H,1-2,7-8H2,(H,19,21)(H2,18,20,24). The first-order valence-electron chi connectivity index (χ1n) is 7.15. The zero-order chi connectivity index (χ0) is 17.6. The summed E-state index contributed by atoms with van der Waals surface area (Å²) in [6, 6.07) is 4.52. The van der Waals surface area contributed by atoms with E-state index in [-0.39, 0.29) is 16.8 Å². The predicted molar refractivity (Wildman–Crippen MR) is 83.3 cm³/mol. The number of halogens is 3. The number of nitrogens with one attached hydrogen (secondary N) is 3. The van der Waals surface area contributed by atoms with Crippen LogP contribution in [-0.4, -0.2) is 36.6 Å². The first-order valence-corrected chi connectivity index (χ1v) is 7.56. The van der Waals surface area contributed by atoms with E-state index in [4.69, 9.17) is 17.0 Å². The maximum absolute atomic E-state index is 12.1. The fourth-order valence-corrected chi connectivity index (χ4v) is 2.18. The maximum Gasteiger partial charge on any atom is 0.573 e. The molecule has 24 heavy (non-hydrogen) atoms. The summed E-state index contributed by atoms with van der Waals surface area (Å²) in [5.74, 6) is -0.949. The van der Waals surface area contributed by atoms with Crippen molar-refractivity contribution in [1.82, 2.24) is 16.2 Å². The molecule has 0 saturated carbocycles. The summed E-state index contributed by atoms with van der Waals surface area (Å²) in [6.07, 6.45) is -2.71. The number of benzene rings is 1. The van der Waals surface area contributed by atoms with E-state index in [2.05, 4.69) is 20.9 Å². The third kappa shape index (κ3) is 6.20. The molecule has 132 valence electrons. The molecule has 1 aromatic carbocycles. The van der Waals surface area contributed by atoms with Crippen LogP contribution in [0.3, 0.4) is 0 Å². The van der Waals surface area contributed by atoms with E-state index in [0.717, 1.165) is 31.6 Å². The molecule has 1 aliphatic rings. The molecule has 1 aliphatic heterocycles. The zero-order valence-corrected chi connectivity index (χ0v) is 13.3. The van der Waals surface area contributed by atoms with Crippen LogP contribution >= 0.6 is 12.2 Å². The molecule has 1 aromatic rings. The Bertz CT molecular complexity index is 575. The molecular formula is C14H16F3N3O3S. The van der Waals surface area contributed by atoms with Crippen molar-refractivity contribution in [2.75, 3.05) is 13.2 Å². The summed E-state index contributed by atoms with van der Waals surface area (Å²) in [5.41, 5.74) is 5.01. The Kier molecular flexibility index (Phi) is 6.21. The molecule has 1 fully saturated rings. The molecule has 0 radical (unpaired) electrons. The van der Waals surface area contributed by atoms with Gasteiger partial charge in [0, 0.05) is 18.7 Å². The third-order valence-corrected chi connectivity index (χ3v) is 3.40. The molecule has 10 heteroatoms. The molecule has 1 amide bonds. The number of rotatable bonds is 4. The molecule has 1 heterocycles. The number of carbonyl (C=O) groups excluding carboxylic acids is 1. The van der Waals surface area contributed by atoms with Gasteiger partial charge in [0.15, 0.2) is 5.11 Å². The SMILES string of the molecule is O=C(NNC(=S)NCC1CCCO1)c1ccc(OC(F)(F)F)cc1. The van der Waals surface area contributed by atoms with Gasteiger partial charge in [-0.25, -0.2) is 0 Å². The maximum atomic E-state index is 12.1. The first-order chi connectivity index (χ1) is 11.3. The number of alkyl halides is 3. The molecule has 0 aromatic heterocycles. The summed E-state index contributed by atoms with van der Waals surface area (Å²) >= 11 is 5.00. The van der Waals surface area contributed by atoms with Gasteiger partial charge < -0.3 is 14.8 Å². The van der Waals surface area contributed by atoms with Crippen molar-refractivity contribution < 1.29 is 27.4 Å². The Hall–Kier alpha value is -2.07. The first kappa shape index (κ1) is 18.3. The highest BCUT2D eigenvalue weighted by molar-refractivity contribution is 7.80. The van der Waals surface area contributed by atoms with Gasteiger partial charge in [-0.2, -0.15) is 0 Å². The Morgan fingerprint density at radius 2 is 2.00 bits per heavy atom. The second kappa shape index (κ2) is 8.15. The van der Waals surface area contributed by atoms with E-state index in [1.807, 2.05) is 0 Å². The molecule has 1 atom stereocenters. The lowest BCUT2D eigenvalue weighted by atomic mass is 10.2. The second-order valence-electron chi connectivity index (χ2n) is 5.00. The minimum absolute atomic E-state index is 0.0987. The van der Waals surface area contributed by atoms with Crippen molar-refractivity contribution in [3.05, 3.63) is 29.8 Å². The minimum Gasteiger partial charge on any atom is -0.406 e. The van der Waals surface area contributed by atoms with Crippen molar-refractivity contribution >= 4 is 23.2 Å². The largest absolute Gasteiger partial charge is 0.573 e. The highest BCUT2D eigenvalue weighted by Gasteiger charge is 2.31. The van der Waals surface area contributed by atoms with Crippen molar-refractivity contribution in [3.8, 4) is 5.75 Å². The number of thiocarbonyl (C=S) groups is 1. The van der Waals surface area contributed by atoms with Gasteiger partial charge in [0.1, 0.15) is 5.75 Å². The average molecular weight is 363 g/mol. The minimum atomic E-state index is -4.77. The van der Waals surface area contributed by atoms with Crippen LogP contribution in [0.1, 0.15) is 23.2 Å². The molecule has 0 aliphatic carbocycles. The molecule has 1 saturated heterocycles. The third-order valence-electron chi connectivity index (χ3n) is 3.15. The Balaban J connectivity index is 1.74. The van der Waals surface area contributed by atoms with E-state index in [9.17, 15) is 18.0 Å². The molecule has 3 N–H and O–H groups in total. The Labute approximate surface area is 141 Å². The van der Waals surface area contributed by atoms with Crippen LogP contribution in [0.15, 0.2) is 24.3 Å². The second-order valence-corrected chi connectivity index (χ2v) is 5.40. The summed E-state index contributed by atoms with van der Waals surface area (Å²) in [6.45, 7) is 1.27. The fraction of sp³-hybridized carbons (Fsp3) is 0.429. The van der Waals surface area contributed by atoms with Gasteiger partial charge in [0.05, 0.1) is 6.10 Å². The van der Waals surface area contributed by atoms with Crippen LogP contribution < -0.4 is 20.9 Å². The lowest BCUT2D eigenvalue weighted by Gasteiger charge is -2.14. The molecule has 1 unspecified atom stereocenters. The smallest absolute Gasteiger partial charge is 0.406 e. The number of hydrogen-bond donors (Lipinski definition) is 3. The van der Waals surface area contributed by atoms with Crippen LogP contribution in [0.2, 0.25) is 0 Å². The summed E-state index contributed by atoms with van der Waals surface area (Å²) in [7, 11) is 0. The molecule has 0 bridgehead atoms. The number of hydrogen-bond acceptors (Lipinski definition) is 4. The van der Waals surface area contributed by atoms with Crippen molar-refractivity contribution in [1.29, 1.82) is 0 Å². The summed E-state index contributed by atoms with van der Waals surface area (Å²) in [5, 5.41) is 3.12. The van der Waals surface area contributed by atoms with E-state index in [1.165, 1.54) is 12.1 Å². The Morgan fingerprint density at radius 1 is 1.29 bits per heavy atom. The fourth-order valence-electron chi connectivity index (χ4n) is 2.05. The van der Waals surface area contributed by atoms with Crippen LogP contribution in [0, 0.1) is 0 Å². The van der Waals surface area contributed by atoms with Gasteiger partial charge in [0.2, 0.25) is 0 Å². The number of amides is 1. The van der Waals surface area contributed by atoms with Crippen LogP contribution in [0.25, 0.3) is 0 Å². The van der Waals surface area contributed by atoms with Gasteiger partial charge in [-0.05, 0) is 49.3 Å². The van der Waals surface area contributed by atoms with Crippen molar-refractivity contribution in [2.45, 2.75) is 25.3 Å². The molecule has 2 rings (SSSR count). The van der Waals surface area contributed by atoms with Gasteiger partial charge in [-0.15, -0.1) is 13.2 Å². The van der Waals surface area contributed by atoms with Gasteiger partial charge in [-0.3, -0.25) is 15.6 Å². The van der Waals surface area contributed by atoms with E-state index < -0.39 is 18.0 Å². The lowest BCUT2D eigenvalue weighted by molar-refractivity contribution is -0.274. The van der Waals surface area contributed by atoms with Crippen molar-refractivity contribution in [2.24, 2.45) is 0 Å². The molecular weight excluding hydrogens is 347 g/mol.